The molecule has 0 radical (unpaired) electrons. The van der Waals surface area contributed by atoms with Crippen molar-refractivity contribution in [3.05, 3.63) is 94.6 Å². The molecule has 5 rings (SSSR count). The van der Waals surface area contributed by atoms with E-state index in [1.54, 1.807) is 11.0 Å². The number of hydrogen-bond acceptors (Lipinski definition) is 7. The Labute approximate surface area is 259 Å². The molecular weight excluding hydrogens is 556 g/mol. The fourth-order valence-corrected chi connectivity index (χ4v) is 6.00. The lowest BCUT2D eigenvalue weighted by Gasteiger charge is -2.27. The number of amides is 1. The van der Waals surface area contributed by atoms with Crippen LogP contribution in [0.2, 0.25) is 0 Å². The molecule has 2 unspecified atom stereocenters. The number of Topliss-reactive ketones (excluding diaryl/α,β-unsaturated/α-hetero) is 1. The maximum absolute atomic E-state index is 13.6. The highest BCUT2D eigenvalue weighted by atomic mass is 16.5. The molecule has 1 saturated heterocycles. The molecule has 0 aromatic heterocycles. The van der Waals surface area contributed by atoms with E-state index in [-0.39, 0.29) is 17.4 Å². The van der Waals surface area contributed by atoms with Crippen LogP contribution >= 0.6 is 0 Å². The standard InChI is InChI=1S/C36H42N2O6/c1-5-37(6-2)18-11-19-38-33(26-14-17-30(31(22-26)42-7-3)43-23-25-12-9-8-10-13-25)32(35(40)36(38)41)34(39)27-15-16-29-28(21-27)20-24(4)44-29/h8-10,12-17,21-22,24,33,39H,5-7,11,18-20,23H2,1-4H3/b34-32-. The summed E-state index contributed by atoms with van der Waals surface area (Å²) in [6.07, 6.45) is 1.44. The van der Waals surface area contributed by atoms with E-state index in [1.807, 2.05) is 74.5 Å². The lowest BCUT2D eigenvalue weighted by molar-refractivity contribution is -0.140. The van der Waals surface area contributed by atoms with Gasteiger partial charge in [-0.2, -0.15) is 0 Å². The Hall–Kier alpha value is -4.30. The van der Waals surface area contributed by atoms with Gasteiger partial charge in [-0.15, -0.1) is 0 Å². The zero-order valence-electron chi connectivity index (χ0n) is 26.0. The van der Waals surface area contributed by atoms with E-state index in [0.29, 0.717) is 55.2 Å². The predicted molar refractivity (Wildman–Crippen MR) is 170 cm³/mol. The van der Waals surface area contributed by atoms with Crippen LogP contribution in [0.3, 0.4) is 0 Å². The second-order valence-electron chi connectivity index (χ2n) is 11.2. The summed E-state index contributed by atoms with van der Waals surface area (Å²) in [5.74, 6) is 0.350. The summed E-state index contributed by atoms with van der Waals surface area (Å²) in [4.78, 5) is 31.1. The lowest BCUT2D eigenvalue weighted by atomic mass is 9.94. The Morgan fingerprint density at radius 3 is 2.48 bits per heavy atom. The molecule has 1 amide bonds. The van der Waals surface area contributed by atoms with E-state index in [4.69, 9.17) is 14.2 Å². The van der Waals surface area contributed by atoms with Crippen LogP contribution in [-0.2, 0) is 22.6 Å². The van der Waals surface area contributed by atoms with Gasteiger partial charge < -0.3 is 29.1 Å². The Bertz CT molecular complexity index is 1510. The van der Waals surface area contributed by atoms with E-state index in [0.717, 1.165) is 36.5 Å². The van der Waals surface area contributed by atoms with Crippen molar-refractivity contribution >= 4 is 17.4 Å². The summed E-state index contributed by atoms with van der Waals surface area (Å²) < 4.78 is 17.9. The minimum absolute atomic E-state index is 0.0402. The van der Waals surface area contributed by atoms with Gasteiger partial charge in [0.15, 0.2) is 11.5 Å². The second kappa shape index (κ2) is 14.0. The number of carbonyl (C=O) groups is 2. The summed E-state index contributed by atoms with van der Waals surface area (Å²) in [6.45, 7) is 11.8. The third-order valence-electron chi connectivity index (χ3n) is 8.30. The van der Waals surface area contributed by atoms with Crippen molar-refractivity contribution in [3.8, 4) is 17.2 Å². The molecule has 0 aliphatic carbocycles. The molecule has 2 aliphatic rings. The van der Waals surface area contributed by atoms with E-state index in [2.05, 4.69) is 18.7 Å². The third-order valence-corrected chi connectivity index (χ3v) is 8.30. The Balaban J connectivity index is 1.53. The molecule has 2 heterocycles. The first kappa shape index (κ1) is 31.1. The second-order valence-corrected chi connectivity index (χ2v) is 11.2. The molecule has 8 heteroatoms. The Morgan fingerprint density at radius 1 is 0.977 bits per heavy atom. The maximum atomic E-state index is 13.6. The maximum Gasteiger partial charge on any atom is 0.295 e. The number of hydrogen-bond donors (Lipinski definition) is 1. The monoisotopic (exact) mass is 598 g/mol. The van der Waals surface area contributed by atoms with Crippen molar-refractivity contribution < 1.29 is 28.9 Å². The third kappa shape index (κ3) is 6.60. The first-order chi connectivity index (χ1) is 21.3. The summed E-state index contributed by atoms with van der Waals surface area (Å²) in [5.41, 5.74) is 3.22. The van der Waals surface area contributed by atoms with E-state index in [1.165, 1.54) is 0 Å². The molecule has 1 N–H and O–H groups in total. The highest BCUT2D eigenvalue weighted by Gasteiger charge is 2.46. The number of fused-ring (bicyclic) bond motifs is 1. The SMILES string of the molecule is CCOc1cc(C2/C(=C(/O)c3ccc4c(c3)CC(C)O4)C(=O)C(=O)N2CCCN(CC)CC)ccc1OCc1ccccc1. The van der Waals surface area contributed by atoms with Crippen LogP contribution in [0.25, 0.3) is 5.76 Å². The molecule has 3 aromatic carbocycles. The van der Waals surface area contributed by atoms with Crippen molar-refractivity contribution in [2.45, 2.75) is 59.3 Å². The molecule has 0 spiro atoms. The van der Waals surface area contributed by atoms with Crippen LogP contribution < -0.4 is 14.2 Å². The van der Waals surface area contributed by atoms with Crippen LogP contribution in [0.15, 0.2) is 72.3 Å². The van der Waals surface area contributed by atoms with Crippen LogP contribution in [-0.4, -0.2) is 65.5 Å². The fraction of sp³-hybridized carbons (Fsp3) is 0.389. The largest absolute Gasteiger partial charge is 0.507 e. The summed E-state index contributed by atoms with van der Waals surface area (Å²) >= 11 is 0. The number of carbonyl (C=O) groups excluding carboxylic acids is 2. The van der Waals surface area contributed by atoms with Gasteiger partial charge in [-0.25, -0.2) is 0 Å². The van der Waals surface area contributed by atoms with Crippen LogP contribution in [0.5, 0.6) is 17.2 Å². The van der Waals surface area contributed by atoms with Crippen LogP contribution in [0.1, 0.15) is 62.4 Å². The van der Waals surface area contributed by atoms with Gasteiger partial charge in [0.2, 0.25) is 0 Å². The lowest BCUT2D eigenvalue weighted by Crippen LogP contribution is -2.33. The number of likely N-dealkylation sites (tertiary alicyclic amines) is 1. The van der Waals surface area contributed by atoms with Crippen molar-refractivity contribution in [1.29, 1.82) is 0 Å². The summed E-state index contributed by atoms with van der Waals surface area (Å²) in [5, 5.41) is 11.7. The molecule has 8 nitrogen and oxygen atoms in total. The number of rotatable bonds is 13. The van der Waals surface area contributed by atoms with Gasteiger partial charge in [-0.1, -0.05) is 50.2 Å². The Morgan fingerprint density at radius 2 is 1.75 bits per heavy atom. The van der Waals surface area contributed by atoms with Gasteiger partial charge >= 0.3 is 0 Å². The number of ketones is 1. The normalized spacial score (nSPS) is 18.9. The average Bonchev–Trinajstić information content (AvgIpc) is 3.53. The zero-order valence-corrected chi connectivity index (χ0v) is 26.0. The molecular formula is C36H42N2O6. The number of nitrogens with zero attached hydrogens (tertiary/aromatic N) is 2. The van der Waals surface area contributed by atoms with Gasteiger partial charge in [-0.05, 0) is 86.9 Å². The molecule has 2 atom stereocenters. The van der Waals surface area contributed by atoms with E-state index < -0.39 is 17.7 Å². The highest BCUT2D eigenvalue weighted by molar-refractivity contribution is 6.46. The van der Waals surface area contributed by atoms with E-state index in [9.17, 15) is 14.7 Å². The first-order valence-electron chi connectivity index (χ1n) is 15.6. The summed E-state index contributed by atoms with van der Waals surface area (Å²) in [6, 6.07) is 20.0. The molecule has 232 valence electrons. The van der Waals surface area contributed by atoms with Gasteiger partial charge in [-0.3, -0.25) is 9.59 Å². The summed E-state index contributed by atoms with van der Waals surface area (Å²) in [7, 11) is 0. The van der Waals surface area contributed by atoms with Crippen molar-refractivity contribution in [2.24, 2.45) is 0 Å². The van der Waals surface area contributed by atoms with Crippen LogP contribution in [0.4, 0.5) is 0 Å². The number of ether oxygens (including phenoxy) is 3. The quantitative estimate of drug-likeness (QED) is 0.144. The van der Waals surface area contributed by atoms with Crippen molar-refractivity contribution in [2.75, 3.05) is 32.8 Å². The highest BCUT2D eigenvalue weighted by Crippen LogP contribution is 2.43. The minimum Gasteiger partial charge on any atom is -0.507 e. The van der Waals surface area contributed by atoms with E-state index >= 15 is 0 Å². The van der Waals surface area contributed by atoms with Crippen molar-refractivity contribution in [1.82, 2.24) is 9.80 Å². The molecule has 0 saturated carbocycles. The van der Waals surface area contributed by atoms with Crippen LogP contribution in [0, 0.1) is 0 Å². The average molecular weight is 599 g/mol. The minimum atomic E-state index is -0.780. The number of aliphatic hydroxyl groups is 1. The molecule has 3 aromatic rings. The molecule has 44 heavy (non-hydrogen) atoms. The van der Waals surface area contributed by atoms with Gasteiger partial charge in [0.1, 0.15) is 24.2 Å². The van der Waals surface area contributed by atoms with Gasteiger partial charge in [0.05, 0.1) is 18.2 Å². The Kier molecular flexibility index (Phi) is 9.90. The fourth-order valence-electron chi connectivity index (χ4n) is 6.00. The van der Waals surface area contributed by atoms with Gasteiger partial charge in [0, 0.05) is 18.5 Å². The number of aliphatic hydroxyl groups excluding tert-OH is 1. The number of benzene rings is 3. The zero-order chi connectivity index (χ0) is 31.2. The molecule has 2 aliphatic heterocycles. The smallest absolute Gasteiger partial charge is 0.295 e. The first-order valence-corrected chi connectivity index (χ1v) is 15.6. The topological polar surface area (TPSA) is 88.5 Å². The predicted octanol–water partition coefficient (Wildman–Crippen LogP) is 6.14. The van der Waals surface area contributed by atoms with Crippen molar-refractivity contribution in [3.63, 3.8) is 0 Å². The molecule has 1 fully saturated rings. The molecule has 0 bridgehead atoms. The van der Waals surface area contributed by atoms with Gasteiger partial charge in [0.25, 0.3) is 11.7 Å².